The molecule has 0 aliphatic heterocycles. The normalized spacial score (nSPS) is 11.3. The van der Waals surface area contributed by atoms with Crippen LogP contribution < -0.4 is 5.43 Å². The van der Waals surface area contributed by atoms with Crippen LogP contribution in [0.15, 0.2) is 29.2 Å². The molecule has 0 saturated heterocycles. The van der Waals surface area contributed by atoms with E-state index < -0.39 is 34.6 Å². The number of aromatic nitrogens is 1. The van der Waals surface area contributed by atoms with Crippen LogP contribution in [0.25, 0.3) is 0 Å². The number of esters is 2. The Morgan fingerprint density at radius 2 is 1.75 bits per heavy atom. The summed E-state index contributed by atoms with van der Waals surface area (Å²) in [5.41, 5.74) is -0.940. The van der Waals surface area contributed by atoms with Crippen LogP contribution in [0.2, 0.25) is 0 Å². The van der Waals surface area contributed by atoms with E-state index in [0.29, 0.717) is 12.0 Å². The van der Waals surface area contributed by atoms with Crippen molar-refractivity contribution in [1.82, 2.24) is 4.57 Å². The highest BCUT2D eigenvalue weighted by molar-refractivity contribution is 5.91. The zero-order valence-corrected chi connectivity index (χ0v) is 19.1. The largest absolute Gasteiger partial charge is 0.465 e. The van der Waals surface area contributed by atoms with Crippen molar-refractivity contribution in [2.45, 2.75) is 66.0 Å². The van der Waals surface area contributed by atoms with Gasteiger partial charge < -0.3 is 14.0 Å². The summed E-state index contributed by atoms with van der Waals surface area (Å²) in [5, 5.41) is 0. The molecule has 1 aromatic heterocycles. The lowest BCUT2D eigenvalue weighted by molar-refractivity contribution is -0.143. The first-order chi connectivity index (χ1) is 15.0. The van der Waals surface area contributed by atoms with Crippen LogP contribution in [0.3, 0.4) is 0 Å². The summed E-state index contributed by atoms with van der Waals surface area (Å²) in [6.07, 6.45) is 1.85. The Morgan fingerprint density at radius 3 is 2.34 bits per heavy atom. The van der Waals surface area contributed by atoms with E-state index in [0.717, 1.165) is 6.07 Å². The molecular formula is C24H29F2NO5. The number of halogens is 2. The highest BCUT2D eigenvalue weighted by atomic mass is 19.2. The summed E-state index contributed by atoms with van der Waals surface area (Å²) in [6.45, 7) is 8.38. The maximum absolute atomic E-state index is 14.2. The van der Waals surface area contributed by atoms with Gasteiger partial charge in [-0.3, -0.25) is 9.59 Å². The van der Waals surface area contributed by atoms with E-state index in [1.807, 2.05) is 0 Å². The fraction of sp³-hybridized carbons (Fsp3) is 0.458. The number of nitrogens with zero attached hydrogens (tertiary/aromatic N) is 1. The molecule has 0 N–H and O–H groups in total. The van der Waals surface area contributed by atoms with Crippen molar-refractivity contribution in [3.8, 4) is 0 Å². The molecule has 0 fully saturated rings. The lowest BCUT2D eigenvalue weighted by atomic mass is 10.0. The molecule has 2 aromatic rings. The standard InChI is InChI=1S/C24H29F2NO5/c1-6-15-13-27(14-19(28)31-7-2)18(12-11-16-9-8-10-17(25)21(16)26)20(22(15)29)23(30)32-24(3,4)5/h8-10,13H,6-7,11-12,14H2,1-5H3. The third-order valence-electron chi connectivity index (χ3n) is 4.72. The summed E-state index contributed by atoms with van der Waals surface area (Å²) in [4.78, 5) is 38.2. The fourth-order valence-electron chi connectivity index (χ4n) is 3.30. The summed E-state index contributed by atoms with van der Waals surface area (Å²) < 4.78 is 39.7. The maximum atomic E-state index is 14.2. The molecule has 0 amide bonds. The lowest BCUT2D eigenvalue weighted by Crippen LogP contribution is -2.33. The number of benzene rings is 1. The Labute approximate surface area is 186 Å². The topological polar surface area (TPSA) is 74.6 Å². The van der Waals surface area contributed by atoms with Gasteiger partial charge in [0.1, 0.15) is 17.7 Å². The summed E-state index contributed by atoms with van der Waals surface area (Å²) in [5.74, 6) is -3.35. The third kappa shape index (κ3) is 6.24. The van der Waals surface area contributed by atoms with Crippen molar-refractivity contribution >= 4 is 11.9 Å². The minimum Gasteiger partial charge on any atom is -0.465 e. The van der Waals surface area contributed by atoms with E-state index in [1.165, 1.54) is 22.9 Å². The van der Waals surface area contributed by atoms with Gasteiger partial charge in [-0.2, -0.15) is 0 Å². The zero-order valence-electron chi connectivity index (χ0n) is 19.1. The molecule has 0 aliphatic carbocycles. The minimum absolute atomic E-state index is 0.00707. The van der Waals surface area contributed by atoms with Crippen LogP contribution in [0.1, 0.15) is 61.8 Å². The SMILES string of the molecule is CCOC(=O)Cn1cc(CC)c(=O)c(C(=O)OC(C)(C)C)c1CCc1cccc(F)c1F. The van der Waals surface area contributed by atoms with Crippen LogP contribution >= 0.6 is 0 Å². The van der Waals surface area contributed by atoms with Crippen molar-refractivity contribution in [3.63, 3.8) is 0 Å². The molecule has 0 unspecified atom stereocenters. The van der Waals surface area contributed by atoms with Gasteiger partial charge in [0.15, 0.2) is 17.1 Å². The van der Waals surface area contributed by atoms with E-state index in [1.54, 1.807) is 34.6 Å². The van der Waals surface area contributed by atoms with Crippen molar-refractivity contribution < 1.29 is 27.8 Å². The van der Waals surface area contributed by atoms with E-state index in [-0.39, 0.29) is 42.8 Å². The van der Waals surface area contributed by atoms with Gasteiger partial charge in [0, 0.05) is 17.5 Å². The van der Waals surface area contributed by atoms with Gasteiger partial charge in [0.25, 0.3) is 0 Å². The third-order valence-corrected chi connectivity index (χ3v) is 4.72. The van der Waals surface area contributed by atoms with Gasteiger partial charge in [-0.15, -0.1) is 0 Å². The van der Waals surface area contributed by atoms with Gasteiger partial charge >= 0.3 is 11.9 Å². The number of aryl methyl sites for hydroxylation is 2. The van der Waals surface area contributed by atoms with Crippen molar-refractivity contribution in [1.29, 1.82) is 0 Å². The van der Waals surface area contributed by atoms with Crippen LogP contribution in [0, 0.1) is 11.6 Å². The van der Waals surface area contributed by atoms with Crippen molar-refractivity contribution in [3.05, 3.63) is 68.6 Å². The Morgan fingerprint density at radius 1 is 1.06 bits per heavy atom. The highest BCUT2D eigenvalue weighted by Crippen LogP contribution is 2.19. The first kappa shape index (κ1) is 25.2. The van der Waals surface area contributed by atoms with E-state index in [9.17, 15) is 23.2 Å². The molecule has 2 rings (SSSR count). The molecule has 0 spiro atoms. The number of carbonyl (C=O) groups is 2. The molecule has 32 heavy (non-hydrogen) atoms. The number of hydrogen-bond donors (Lipinski definition) is 0. The van der Waals surface area contributed by atoms with Gasteiger partial charge in [0.2, 0.25) is 0 Å². The molecule has 1 heterocycles. The van der Waals surface area contributed by atoms with Crippen molar-refractivity contribution in [2.24, 2.45) is 0 Å². The molecule has 0 bridgehead atoms. The fourth-order valence-corrected chi connectivity index (χ4v) is 3.30. The Balaban J connectivity index is 2.62. The molecule has 0 radical (unpaired) electrons. The molecule has 6 nitrogen and oxygen atoms in total. The average Bonchev–Trinajstić information content (AvgIpc) is 2.69. The number of hydrogen-bond acceptors (Lipinski definition) is 5. The summed E-state index contributed by atoms with van der Waals surface area (Å²) >= 11 is 0. The Hall–Kier alpha value is -3.03. The van der Waals surface area contributed by atoms with Gasteiger partial charge in [-0.05, 0) is 58.6 Å². The Kier molecular flexibility index (Phi) is 8.30. The van der Waals surface area contributed by atoms with Crippen LogP contribution in [0.5, 0.6) is 0 Å². The molecule has 0 aliphatic rings. The van der Waals surface area contributed by atoms with Crippen molar-refractivity contribution in [2.75, 3.05) is 6.61 Å². The number of rotatable bonds is 8. The van der Waals surface area contributed by atoms with E-state index in [4.69, 9.17) is 9.47 Å². The van der Waals surface area contributed by atoms with Crippen LogP contribution in [0.4, 0.5) is 8.78 Å². The van der Waals surface area contributed by atoms with Crippen LogP contribution in [-0.2, 0) is 40.1 Å². The molecular weight excluding hydrogens is 420 g/mol. The molecule has 0 atom stereocenters. The zero-order chi connectivity index (χ0) is 24.1. The highest BCUT2D eigenvalue weighted by Gasteiger charge is 2.27. The van der Waals surface area contributed by atoms with Gasteiger partial charge in [-0.25, -0.2) is 13.6 Å². The monoisotopic (exact) mass is 449 g/mol. The lowest BCUT2D eigenvalue weighted by Gasteiger charge is -2.23. The van der Waals surface area contributed by atoms with E-state index in [2.05, 4.69) is 0 Å². The molecule has 0 saturated carbocycles. The molecule has 1 aromatic carbocycles. The summed E-state index contributed by atoms with van der Waals surface area (Å²) in [6, 6.07) is 3.83. The second kappa shape index (κ2) is 10.5. The Bertz CT molecular complexity index is 1050. The molecule has 174 valence electrons. The first-order valence-corrected chi connectivity index (χ1v) is 10.6. The molecule has 8 heteroatoms. The number of ether oxygens (including phenoxy) is 2. The number of pyridine rings is 1. The van der Waals surface area contributed by atoms with Crippen LogP contribution in [-0.4, -0.2) is 28.7 Å². The van der Waals surface area contributed by atoms with Gasteiger partial charge in [-0.1, -0.05) is 19.1 Å². The quantitative estimate of drug-likeness (QED) is 0.570. The first-order valence-electron chi connectivity index (χ1n) is 10.6. The van der Waals surface area contributed by atoms with E-state index >= 15 is 0 Å². The smallest absolute Gasteiger partial charge is 0.344 e. The average molecular weight is 449 g/mol. The summed E-state index contributed by atoms with van der Waals surface area (Å²) in [7, 11) is 0. The predicted octanol–water partition coefficient (Wildman–Crippen LogP) is 3.99. The minimum atomic E-state index is -0.990. The maximum Gasteiger partial charge on any atom is 0.344 e. The second-order valence-corrected chi connectivity index (χ2v) is 8.31. The predicted molar refractivity (Wildman–Crippen MR) is 116 cm³/mol. The van der Waals surface area contributed by atoms with Gasteiger partial charge in [0.05, 0.1) is 6.61 Å². The second-order valence-electron chi connectivity index (χ2n) is 8.31. The number of carbonyl (C=O) groups excluding carboxylic acids is 2.